The van der Waals surface area contributed by atoms with Crippen LogP contribution in [-0.4, -0.2) is 69.9 Å². The van der Waals surface area contributed by atoms with Gasteiger partial charge in [-0.3, -0.25) is 9.78 Å². The summed E-state index contributed by atoms with van der Waals surface area (Å²) in [7, 11) is 1.58. The monoisotopic (exact) mass is 480 g/mol. The number of thioether (sulfide) groups is 1. The molecular formula is C24H28N6O3S. The van der Waals surface area contributed by atoms with E-state index in [0.717, 1.165) is 47.7 Å². The van der Waals surface area contributed by atoms with Crippen molar-refractivity contribution >= 4 is 34.5 Å². The summed E-state index contributed by atoms with van der Waals surface area (Å²) in [5.74, 6) is 2.12. The molecule has 0 bridgehead atoms. The molecule has 1 amide bonds. The number of amides is 1. The first-order valence-corrected chi connectivity index (χ1v) is 12.4. The van der Waals surface area contributed by atoms with Gasteiger partial charge in [0, 0.05) is 37.5 Å². The van der Waals surface area contributed by atoms with Crippen LogP contribution in [0.15, 0.2) is 41.4 Å². The van der Waals surface area contributed by atoms with E-state index in [9.17, 15) is 9.90 Å². The number of aliphatic hydroxyl groups excluding tert-OH is 1. The van der Waals surface area contributed by atoms with Crippen LogP contribution in [0.4, 0.5) is 5.82 Å². The van der Waals surface area contributed by atoms with Gasteiger partial charge in [-0.25, -0.2) is 9.97 Å². The van der Waals surface area contributed by atoms with Gasteiger partial charge in [0.1, 0.15) is 5.82 Å². The minimum Gasteiger partial charge on any atom is -0.481 e. The molecule has 3 aromatic rings. The molecule has 2 atom stereocenters. The number of aliphatic hydroxyl groups is 1. The molecule has 0 unspecified atom stereocenters. The minimum absolute atomic E-state index is 0.00183. The molecule has 2 aliphatic heterocycles. The zero-order valence-electron chi connectivity index (χ0n) is 19.0. The van der Waals surface area contributed by atoms with Crippen LogP contribution in [0.3, 0.4) is 0 Å². The normalized spacial score (nSPS) is 19.1. The van der Waals surface area contributed by atoms with Crippen LogP contribution < -0.4 is 15.4 Å². The molecule has 0 aromatic carbocycles. The SMILES string of the molecule is COc1ccc2nccc([C@@H](O)CN3CC[C@@H](CNCc4ccc5c(n4)NC(=O)CS5)C3)c2n1. The van der Waals surface area contributed by atoms with Gasteiger partial charge in [-0.05, 0) is 49.7 Å². The van der Waals surface area contributed by atoms with Crippen molar-refractivity contribution in [2.75, 3.05) is 44.4 Å². The lowest BCUT2D eigenvalue weighted by molar-refractivity contribution is -0.113. The van der Waals surface area contributed by atoms with E-state index in [1.165, 1.54) is 11.8 Å². The lowest BCUT2D eigenvalue weighted by atomic mass is 10.1. The van der Waals surface area contributed by atoms with Crippen molar-refractivity contribution in [3.05, 3.63) is 47.8 Å². The molecule has 34 heavy (non-hydrogen) atoms. The number of β-amino-alcohol motifs (C(OH)–C–C–N with tert-alkyl or cyclic N) is 1. The number of fused-ring (bicyclic) bond motifs is 2. The van der Waals surface area contributed by atoms with E-state index in [1.807, 2.05) is 24.3 Å². The van der Waals surface area contributed by atoms with Gasteiger partial charge in [-0.15, -0.1) is 11.8 Å². The number of aromatic nitrogens is 3. The molecule has 0 spiro atoms. The number of methoxy groups -OCH3 is 1. The van der Waals surface area contributed by atoms with Crippen molar-refractivity contribution < 1.29 is 14.6 Å². The number of carbonyl (C=O) groups excluding carboxylic acids is 1. The molecule has 178 valence electrons. The molecule has 0 saturated carbocycles. The number of hydrogen-bond donors (Lipinski definition) is 3. The fourth-order valence-electron chi connectivity index (χ4n) is 4.51. The summed E-state index contributed by atoms with van der Waals surface area (Å²) < 4.78 is 5.24. The molecule has 5 rings (SSSR count). The summed E-state index contributed by atoms with van der Waals surface area (Å²) in [6, 6.07) is 9.50. The number of carbonyl (C=O) groups is 1. The highest BCUT2D eigenvalue weighted by atomic mass is 32.2. The Morgan fingerprint density at radius 1 is 1.29 bits per heavy atom. The Labute approximate surface area is 202 Å². The summed E-state index contributed by atoms with van der Waals surface area (Å²) in [4.78, 5) is 28.3. The average molecular weight is 481 g/mol. The zero-order valence-corrected chi connectivity index (χ0v) is 19.8. The highest BCUT2D eigenvalue weighted by Crippen LogP contribution is 2.30. The molecule has 3 aromatic heterocycles. The fourth-order valence-corrected chi connectivity index (χ4v) is 5.26. The largest absolute Gasteiger partial charge is 0.481 e. The van der Waals surface area contributed by atoms with Gasteiger partial charge < -0.3 is 25.4 Å². The predicted molar refractivity (Wildman–Crippen MR) is 131 cm³/mol. The second kappa shape index (κ2) is 10.2. The molecule has 3 N–H and O–H groups in total. The van der Waals surface area contributed by atoms with E-state index in [0.29, 0.717) is 42.0 Å². The number of ether oxygens (including phenoxy) is 1. The van der Waals surface area contributed by atoms with Gasteiger partial charge in [-0.2, -0.15) is 0 Å². The summed E-state index contributed by atoms with van der Waals surface area (Å²) in [6.45, 7) is 3.96. The Hall–Kier alpha value is -2.79. The number of nitrogens with one attached hydrogen (secondary N) is 2. The fraction of sp³-hybridized carbons (Fsp3) is 0.417. The van der Waals surface area contributed by atoms with Crippen molar-refractivity contribution in [3.63, 3.8) is 0 Å². The Bertz CT molecular complexity index is 1190. The van der Waals surface area contributed by atoms with Gasteiger partial charge in [0.25, 0.3) is 0 Å². The maximum atomic E-state index is 11.6. The molecule has 9 nitrogen and oxygen atoms in total. The lowest BCUT2D eigenvalue weighted by Crippen LogP contribution is -2.29. The first kappa shape index (κ1) is 23.0. The molecular weight excluding hydrogens is 452 g/mol. The quantitative estimate of drug-likeness (QED) is 0.447. The topological polar surface area (TPSA) is 113 Å². The first-order valence-electron chi connectivity index (χ1n) is 11.4. The number of rotatable bonds is 8. The summed E-state index contributed by atoms with van der Waals surface area (Å²) in [5, 5.41) is 17.3. The van der Waals surface area contributed by atoms with Gasteiger partial charge in [0.05, 0.1) is 40.6 Å². The maximum Gasteiger partial charge on any atom is 0.235 e. The second-order valence-corrected chi connectivity index (χ2v) is 9.69. The Balaban J connectivity index is 1.13. The van der Waals surface area contributed by atoms with Crippen LogP contribution >= 0.6 is 11.8 Å². The highest BCUT2D eigenvalue weighted by Gasteiger charge is 2.25. The van der Waals surface area contributed by atoms with Gasteiger partial charge >= 0.3 is 0 Å². The molecule has 2 aliphatic rings. The number of nitrogens with zero attached hydrogens (tertiary/aromatic N) is 4. The number of pyridine rings is 3. The van der Waals surface area contributed by atoms with Crippen LogP contribution in [0.25, 0.3) is 11.0 Å². The van der Waals surface area contributed by atoms with E-state index >= 15 is 0 Å². The minimum atomic E-state index is -0.649. The third-order valence-electron chi connectivity index (χ3n) is 6.23. The molecule has 10 heteroatoms. The summed E-state index contributed by atoms with van der Waals surface area (Å²) in [5.41, 5.74) is 3.11. The predicted octanol–water partition coefficient (Wildman–Crippen LogP) is 2.22. The van der Waals surface area contributed by atoms with Gasteiger partial charge in [-0.1, -0.05) is 0 Å². The number of hydrogen-bond acceptors (Lipinski definition) is 9. The van der Waals surface area contributed by atoms with E-state index in [-0.39, 0.29) is 5.91 Å². The Morgan fingerprint density at radius 3 is 3.09 bits per heavy atom. The van der Waals surface area contributed by atoms with Crippen LogP contribution in [0, 0.1) is 5.92 Å². The molecule has 0 radical (unpaired) electrons. The Kier molecular flexibility index (Phi) is 6.91. The second-order valence-electron chi connectivity index (χ2n) is 8.67. The van der Waals surface area contributed by atoms with Crippen LogP contribution in [0.1, 0.15) is 23.8 Å². The standard InChI is InChI=1S/C24H28N6O3S/c1-33-22-5-3-18-23(29-22)17(6-8-26-18)19(31)13-30-9-7-15(12-30)10-25-11-16-2-4-20-24(27-16)28-21(32)14-34-20/h2-6,8,15,19,25,31H,7,9-14H2,1H3,(H,27,28,32)/t15-,19-/m0/s1. The van der Waals surface area contributed by atoms with Crippen LogP contribution in [-0.2, 0) is 11.3 Å². The van der Waals surface area contributed by atoms with Crippen molar-refractivity contribution in [1.82, 2.24) is 25.2 Å². The zero-order chi connectivity index (χ0) is 23.5. The number of anilines is 1. The maximum absolute atomic E-state index is 11.6. The van der Waals surface area contributed by atoms with Crippen LogP contribution in [0.5, 0.6) is 5.88 Å². The number of likely N-dealkylation sites (tertiary alicyclic amines) is 1. The molecule has 1 fully saturated rings. The molecule has 5 heterocycles. The molecule has 1 saturated heterocycles. The summed E-state index contributed by atoms with van der Waals surface area (Å²) >= 11 is 1.52. The summed E-state index contributed by atoms with van der Waals surface area (Å²) in [6.07, 6.45) is 2.14. The van der Waals surface area contributed by atoms with Crippen molar-refractivity contribution in [2.24, 2.45) is 5.92 Å². The van der Waals surface area contributed by atoms with Crippen LogP contribution in [0.2, 0.25) is 0 Å². The highest BCUT2D eigenvalue weighted by molar-refractivity contribution is 8.00. The third kappa shape index (κ3) is 5.15. The average Bonchev–Trinajstić information content (AvgIpc) is 3.30. The lowest BCUT2D eigenvalue weighted by Gasteiger charge is -2.21. The van der Waals surface area contributed by atoms with E-state index < -0.39 is 6.10 Å². The first-order chi connectivity index (χ1) is 16.6. The Morgan fingerprint density at radius 2 is 2.21 bits per heavy atom. The van der Waals surface area contributed by atoms with Gasteiger partial charge in [0.2, 0.25) is 11.8 Å². The van der Waals surface area contributed by atoms with Crippen molar-refractivity contribution in [3.8, 4) is 5.88 Å². The van der Waals surface area contributed by atoms with E-state index in [2.05, 4.69) is 30.5 Å². The molecule has 0 aliphatic carbocycles. The van der Waals surface area contributed by atoms with E-state index in [1.54, 1.807) is 19.4 Å². The van der Waals surface area contributed by atoms with Crippen molar-refractivity contribution in [1.29, 1.82) is 0 Å². The third-order valence-corrected chi connectivity index (χ3v) is 7.28. The van der Waals surface area contributed by atoms with Gasteiger partial charge in [0.15, 0.2) is 0 Å². The van der Waals surface area contributed by atoms with E-state index in [4.69, 9.17) is 4.74 Å². The smallest absolute Gasteiger partial charge is 0.235 e. The van der Waals surface area contributed by atoms with Crippen molar-refractivity contribution in [2.45, 2.75) is 24.0 Å².